The van der Waals surface area contributed by atoms with Gasteiger partial charge in [0.05, 0.1) is 6.61 Å². The van der Waals surface area contributed by atoms with Gasteiger partial charge in [0.2, 0.25) is 5.79 Å². The van der Waals surface area contributed by atoms with E-state index < -0.39 is 41.8 Å². The van der Waals surface area contributed by atoms with E-state index in [9.17, 15) is 9.59 Å². The lowest BCUT2D eigenvalue weighted by molar-refractivity contribution is -0.326. The van der Waals surface area contributed by atoms with Crippen LogP contribution in [0.15, 0.2) is 5.11 Å². The third-order valence-corrected chi connectivity index (χ3v) is 3.44. The van der Waals surface area contributed by atoms with Crippen LogP contribution in [0.4, 0.5) is 0 Å². The van der Waals surface area contributed by atoms with Gasteiger partial charge in [-0.1, -0.05) is 5.11 Å². The van der Waals surface area contributed by atoms with E-state index >= 15 is 0 Å². The predicted octanol–water partition coefficient (Wildman–Crippen LogP) is 1.04. The van der Waals surface area contributed by atoms with Crippen LogP contribution in [-0.4, -0.2) is 55.0 Å². The van der Waals surface area contributed by atoms with Gasteiger partial charge in [0.1, 0.15) is 12.6 Å². The normalized spacial score (nSPS) is 35.4. The molecule has 0 bridgehead atoms. The number of nitrogens with zero attached hydrogens (tertiary/aromatic N) is 3. The average molecular weight is 329 g/mol. The second-order valence-corrected chi connectivity index (χ2v) is 5.79. The first kappa shape index (κ1) is 17.5. The number of carbonyl (C=O) groups is 2. The summed E-state index contributed by atoms with van der Waals surface area (Å²) in [6, 6.07) is -0.855. The molecule has 2 heterocycles. The van der Waals surface area contributed by atoms with Crippen molar-refractivity contribution in [3.05, 3.63) is 10.4 Å². The van der Waals surface area contributed by atoms with Gasteiger partial charge in [-0.2, -0.15) is 0 Å². The highest BCUT2D eigenvalue weighted by Crippen LogP contribution is 2.41. The minimum absolute atomic E-state index is 0.0291. The minimum Gasteiger partial charge on any atom is -0.458 e. The Bertz CT molecular complexity index is 546. The average Bonchev–Trinajstić information content (AvgIpc) is 2.73. The Labute approximate surface area is 132 Å². The van der Waals surface area contributed by atoms with Crippen molar-refractivity contribution in [2.45, 2.75) is 57.5 Å². The molecule has 0 aromatic rings. The van der Waals surface area contributed by atoms with E-state index in [4.69, 9.17) is 29.2 Å². The van der Waals surface area contributed by atoms with Crippen molar-refractivity contribution < 1.29 is 33.3 Å². The highest BCUT2D eigenvalue weighted by Gasteiger charge is 2.61. The van der Waals surface area contributed by atoms with Crippen LogP contribution in [0, 0.1) is 0 Å². The van der Waals surface area contributed by atoms with Crippen molar-refractivity contribution in [3.8, 4) is 0 Å². The van der Waals surface area contributed by atoms with Crippen molar-refractivity contribution in [2.75, 3.05) is 13.2 Å². The Morgan fingerprint density at radius 1 is 1.22 bits per heavy atom. The van der Waals surface area contributed by atoms with Gasteiger partial charge >= 0.3 is 11.9 Å². The fraction of sp³-hybridized carbons (Fsp3) is 0.846. The number of esters is 2. The fourth-order valence-electron chi connectivity index (χ4n) is 2.65. The summed E-state index contributed by atoms with van der Waals surface area (Å²) in [5.74, 6) is -3.63. The second kappa shape index (κ2) is 6.32. The Kier molecular flexibility index (Phi) is 4.81. The second-order valence-electron chi connectivity index (χ2n) is 5.79. The largest absolute Gasteiger partial charge is 0.458 e. The number of hydrogen-bond acceptors (Lipinski definition) is 8. The number of hydrogen-bond donors (Lipinski definition) is 0. The molecule has 10 nitrogen and oxygen atoms in total. The van der Waals surface area contributed by atoms with Gasteiger partial charge < -0.3 is 23.7 Å². The van der Waals surface area contributed by atoms with Crippen LogP contribution in [-0.2, 0) is 33.3 Å². The quantitative estimate of drug-likeness (QED) is 0.327. The first-order valence-corrected chi connectivity index (χ1v) is 7.06. The molecular formula is C13H19N3O7. The lowest BCUT2D eigenvalue weighted by Gasteiger charge is -2.44. The molecule has 2 fully saturated rings. The summed E-state index contributed by atoms with van der Waals surface area (Å²) in [7, 11) is 0. The van der Waals surface area contributed by atoms with Crippen LogP contribution < -0.4 is 0 Å². The van der Waals surface area contributed by atoms with Gasteiger partial charge in [-0.3, -0.25) is 9.59 Å². The summed E-state index contributed by atoms with van der Waals surface area (Å²) >= 11 is 0. The summed E-state index contributed by atoms with van der Waals surface area (Å²) in [5, 5.41) is 3.56. The van der Waals surface area contributed by atoms with Crippen LogP contribution in [0.5, 0.6) is 0 Å². The zero-order valence-electron chi connectivity index (χ0n) is 13.3. The van der Waals surface area contributed by atoms with E-state index in [1.165, 1.54) is 13.8 Å². The SMILES string of the molecule is CC(=O)O[C@@H]1[C@H](N=[N+]=[N-])CO[C@]2(COC(C)(C)O2)[C@H]1OC(C)=O. The lowest BCUT2D eigenvalue weighted by atomic mass is 9.95. The zero-order valence-corrected chi connectivity index (χ0v) is 13.3. The van der Waals surface area contributed by atoms with E-state index in [2.05, 4.69) is 10.0 Å². The summed E-state index contributed by atoms with van der Waals surface area (Å²) in [6.45, 7) is 5.66. The lowest BCUT2D eigenvalue weighted by Crippen LogP contribution is -2.64. The van der Waals surface area contributed by atoms with Crippen LogP contribution >= 0.6 is 0 Å². The van der Waals surface area contributed by atoms with Gasteiger partial charge in [-0.05, 0) is 19.4 Å². The van der Waals surface area contributed by atoms with Crippen molar-refractivity contribution >= 4 is 11.9 Å². The van der Waals surface area contributed by atoms with Crippen LogP contribution in [0.2, 0.25) is 0 Å². The highest BCUT2D eigenvalue weighted by molar-refractivity contribution is 5.67. The molecule has 0 aliphatic carbocycles. The number of carbonyl (C=O) groups excluding carboxylic acids is 2. The first-order chi connectivity index (χ1) is 10.7. The molecule has 0 radical (unpaired) electrons. The standard InChI is InChI=1S/C13H19N3O7/c1-7(17)21-10-9(15-16-14)5-19-13(11(10)22-8(2)18)6-20-12(3,4)23-13/h9-11H,5-6H2,1-4H3/t9-,10-,11+,13+/m1/s1. The van der Waals surface area contributed by atoms with E-state index in [0.29, 0.717) is 0 Å². The van der Waals surface area contributed by atoms with E-state index in [1.807, 2.05) is 0 Å². The van der Waals surface area contributed by atoms with E-state index in [1.54, 1.807) is 13.8 Å². The third kappa shape index (κ3) is 3.73. The summed E-state index contributed by atoms with van der Waals surface area (Å²) in [6.07, 6.45) is -2.17. The summed E-state index contributed by atoms with van der Waals surface area (Å²) in [4.78, 5) is 25.6. The van der Waals surface area contributed by atoms with Gasteiger partial charge in [0.25, 0.3) is 0 Å². The van der Waals surface area contributed by atoms with Crippen molar-refractivity contribution in [2.24, 2.45) is 5.11 Å². The molecule has 10 heteroatoms. The predicted molar refractivity (Wildman–Crippen MR) is 73.8 cm³/mol. The summed E-state index contributed by atoms with van der Waals surface area (Å²) in [5.41, 5.74) is 8.68. The molecule has 4 atom stereocenters. The molecule has 0 N–H and O–H groups in total. The fourth-order valence-corrected chi connectivity index (χ4v) is 2.65. The van der Waals surface area contributed by atoms with Gasteiger partial charge in [-0.25, -0.2) is 0 Å². The molecule has 0 aromatic heterocycles. The molecule has 128 valence electrons. The van der Waals surface area contributed by atoms with Crippen molar-refractivity contribution in [1.82, 2.24) is 0 Å². The smallest absolute Gasteiger partial charge is 0.303 e. The Morgan fingerprint density at radius 3 is 2.35 bits per heavy atom. The Balaban J connectivity index is 2.39. The highest BCUT2D eigenvalue weighted by atomic mass is 16.8. The number of azide groups is 1. The number of ether oxygens (including phenoxy) is 5. The van der Waals surface area contributed by atoms with Gasteiger partial charge in [-0.15, -0.1) is 0 Å². The molecule has 2 aliphatic heterocycles. The zero-order chi connectivity index (χ0) is 17.3. The van der Waals surface area contributed by atoms with E-state index in [-0.39, 0.29) is 13.2 Å². The molecule has 0 unspecified atom stereocenters. The van der Waals surface area contributed by atoms with Crippen molar-refractivity contribution in [3.63, 3.8) is 0 Å². The van der Waals surface area contributed by atoms with E-state index in [0.717, 1.165) is 0 Å². The summed E-state index contributed by atoms with van der Waals surface area (Å²) < 4.78 is 27.5. The maximum absolute atomic E-state index is 11.5. The molecular weight excluding hydrogens is 310 g/mol. The maximum Gasteiger partial charge on any atom is 0.303 e. The van der Waals surface area contributed by atoms with Crippen LogP contribution in [0.25, 0.3) is 10.4 Å². The first-order valence-electron chi connectivity index (χ1n) is 7.06. The van der Waals surface area contributed by atoms with Gasteiger partial charge in [0.15, 0.2) is 18.0 Å². The molecule has 1 spiro atoms. The molecule has 2 rings (SSSR count). The molecule has 2 saturated heterocycles. The van der Waals surface area contributed by atoms with Crippen LogP contribution in [0.3, 0.4) is 0 Å². The number of rotatable bonds is 3. The molecule has 0 amide bonds. The Morgan fingerprint density at radius 2 is 1.87 bits per heavy atom. The molecule has 0 aromatic carbocycles. The third-order valence-electron chi connectivity index (χ3n) is 3.44. The maximum atomic E-state index is 11.5. The minimum atomic E-state index is -1.43. The molecule has 23 heavy (non-hydrogen) atoms. The molecule has 2 aliphatic rings. The Hall–Kier alpha value is -1.87. The van der Waals surface area contributed by atoms with Crippen LogP contribution in [0.1, 0.15) is 27.7 Å². The topological polar surface area (TPSA) is 129 Å². The van der Waals surface area contributed by atoms with Crippen molar-refractivity contribution in [1.29, 1.82) is 0 Å². The molecule has 0 saturated carbocycles. The van der Waals surface area contributed by atoms with Gasteiger partial charge in [0, 0.05) is 18.8 Å². The monoisotopic (exact) mass is 329 g/mol.